The Labute approximate surface area is 159 Å². The molecule has 0 aliphatic heterocycles. The predicted octanol–water partition coefficient (Wildman–Crippen LogP) is 2.01. The molecule has 2 rings (SSSR count). The first kappa shape index (κ1) is 20.4. The molecular weight excluding hydrogens is 366 g/mol. The van der Waals surface area contributed by atoms with Crippen LogP contribution in [0, 0.1) is 11.3 Å². The molecule has 0 spiro atoms. The van der Waals surface area contributed by atoms with Crippen molar-refractivity contribution in [3.05, 3.63) is 59.7 Å². The Balaban J connectivity index is 2.08. The van der Waals surface area contributed by atoms with Crippen molar-refractivity contribution in [3.63, 3.8) is 0 Å². The topological polar surface area (TPSA) is 99.5 Å². The molecule has 0 aliphatic carbocycles. The number of amides is 1. The Morgan fingerprint density at radius 1 is 1.19 bits per heavy atom. The van der Waals surface area contributed by atoms with Gasteiger partial charge in [-0.2, -0.15) is 9.57 Å². The molecule has 0 fully saturated rings. The normalized spacial score (nSPS) is 11.0. The van der Waals surface area contributed by atoms with E-state index < -0.39 is 15.9 Å². The molecule has 142 valence electrons. The van der Waals surface area contributed by atoms with Crippen molar-refractivity contribution in [2.24, 2.45) is 0 Å². The lowest BCUT2D eigenvalue weighted by Gasteiger charge is -2.20. The summed E-state index contributed by atoms with van der Waals surface area (Å²) in [4.78, 5) is 12.3. The van der Waals surface area contributed by atoms with Crippen LogP contribution in [0.15, 0.2) is 48.5 Å². The summed E-state index contributed by atoms with van der Waals surface area (Å²) in [5.74, 6) is 0.154. The fourth-order valence-electron chi connectivity index (χ4n) is 2.56. The van der Waals surface area contributed by atoms with E-state index in [0.717, 1.165) is 16.1 Å². The van der Waals surface area contributed by atoms with Gasteiger partial charge in [0.05, 0.1) is 31.2 Å². The fraction of sp³-hybridized carbons (Fsp3) is 0.263. The summed E-state index contributed by atoms with van der Waals surface area (Å²) in [6, 6.07) is 15.8. The van der Waals surface area contributed by atoms with Crippen LogP contribution in [0.2, 0.25) is 0 Å². The number of carbonyl (C=O) groups excluding carboxylic acids is 1. The summed E-state index contributed by atoms with van der Waals surface area (Å²) in [7, 11) is -2.04. The molecule has 0 saturated carbocycles. The minimum atomic E-state index is -3.59. The average molecular weight is 387 g/mol. The molecule has 0 unspecified atom stereocenters. The number of para-hydroxylation sites is 2. The van der Waals surface area contributed by atoms with E-state index >= 15 is 0 Å². The Kier molecular flexibility index (Phi) is 6.93. The van der Waals surface area contributed by atoms with Gasteiger partial charge in [-0.05, 0) is 30.2 Å². The number of benzene rings is 2. The number of sulfonamides is 1. The maximum atomic E-state index is 12.3. The number of anilines is 1. The number of methoxy groups -OCH3 is 1. The highest BCUT2D eigenvalue weighted by molar-refractivity contribution is 7.88. The lowest BCUT2D eigenvalue weighted by atomic mass is 10.1. The van der Waals surface area contributed by atoms with Crippen LogP contribution in [0.5, 0.6) is 5.75 Å². The second-order valence-corrected chi connectivity index (χ2v) is 7.85. The van der Waals surface area contributed by atoms with Gasteiger partial charge in [0.1, 0.15) is 11.8 Å². The standard InChI is InChI=1S/C19H21N3O4S/c1-26-18-10-6-4-7-15(18)11-12-22(27(2,24)25)14-19(23)21-17-9-5-3-8-16(17)13-20/h3-10H,11-12,14H2,1-2H3,(H,21,23). The summed E-state index contributed by atoms with van der Waals surface area (Å²) in [5.41, 5.74) is 1.51. The van der Waals surface area contributed by atoms with Crippen LogP contribution in [-0.2, 0) is 21.2 Å². The number of nitrogens with zero attached hydrogens (tertiary/aromatic N) is 2. The van der Waals surface area contributed by atoms with Gasteiger partial charge >= 0.3 is 0 Å². The van der Waals surface area contributed by atoms with Crippen LogP contribution in [0.1, 0.15) is 11.1 Å². The van der Waals surface area contributed by atoms with E-state index in [0.29, 0.717) is 23.4 Å². The Hall–Kier alpha value is -2.89. The molecule has 0 saturated heterocycles. The summed E-state index contributed by atoms with van der Waals surface area (Å²) in [6.07, 6.45) is 1.46. The first-order valence-corrected chi connectivity index (χ1v) is 10.1. The van der Waals surface area contributed by atoms with Crippen molar-refractivity contribution >= 4 is 21.6 Å². The summed E-state index contributed by atoms with van der Waals surface area (Å²) < 4.78 is 30.5. The maximum Gasteiger partial charge on any atom is 0.239 e. The van der Waals surface area contributed by atoms with Crippen molar-refractivity contribution in [2.75, 3.05) is 31.8 Å². The molecular formula is C19H21N3O4S. The van der Waals surface area contributed by atoms with Gasteiger partial charge in [-0.25, -0.2) is 8.42 Å². The van der Waals surface area contributed by atoms with Crippen molar-refractivity contribution in [1.29, 1.82) is 5.26 Å². The highest BCUT2D eigenvalue weighted by Gasteiger charge is 2.21. The van der Waals surface area contributed by atoms with Gasteiger partial charge in [-0.15, -0.1) is 0 Å². The largest absolute Gasteiger partial charge is 0.496 e. The van der Waals surface area contributed by atoms with Crippen LogP contribution >= 0.6 is 0 Å². The van der Waals surface area contributed by atoms with Gasteiger partial charge in [0.25, 0.3) is 0 Å². The van der Waals surface area contributed by atoms with E-state index in [1.807, 2.05) is 24.3 Å². The van der Waals surface area contributed by atoms with Crippen molar-refractivity contribution < 1.29 is 17.9 Å². The summed E-state index contributed by atoms with van der Waals surface area (Å²) in [5, 5.41) is 11.7. The quantitative estimate of drug-likeness (QED) is 0.747. The van der Waals surface area contributed by atoms with Gasteiger partial charge in [-0.3, -0.25) is 4.79 Å². The molecule has 2 aromatic carbocycles. The number of nitriles is 1. The molecule has 27 heavy (non-hydrogen) atoms. The van der Waals surface area contributed by atoms with E-state index in [9.17, 15) is 13.2 Å². The van der Waals surface area contributed by atoms with Gasteiger partial charge in [0.15, 0.2) is 0 Å². The number of rotatable bonds is 8. The van der Waals surface area contributed by atoms with Crippen LogP contribution in [-0.4, -0.2) is 45.1 Å². The third-order valence-corrected chi connectivity index (χ3v) is 5.18. The van der Waals surface area contributed by atoms with Crippen LogP contribution in [0.4, 0.5) is 5.69 Å². The Bertz CT molecular complexity index is 951. The third-order valence-electron chi connectivity index (χ3n) is 3.93. The summed E-state index contributed by atoms with van der Waals surface area (Å²) in [6.45, 7) is -0.208. The third kappa shape index (κ3) is 5.81. The van der Waals surface area contributed by atoms with Crippen LogP contribution in [0.3, 0.4) is 0 Å². The van der Waals surface area contributed by atoms with Crippen molar-refractivity contribution in [2.45, 2.75) is 6.42 Å². The van der Waals surface area contributed by atoms with Gasteiger partial charge < -0.3 is 10.1 Å². The molecule has 0 radical (unpaired) electrons. The van der Waals surface area contributed by atoms with Crippen molar-refractivity contribution in [3.8, 4) is 11.8 Å². The molecule has 0 aromatic heterocycles. The number of nitrogens with one attached hydrogen (secondary N) is 1. The Morgan fingerprint density at radius 3 is 2.52 bits per heavy atom. The van der Waals surface area contributed by atoms with E-state index in [1.165, 1.54) is 0 Å². The number of carbonyl (C=O) groups is 1. The second-order valence-electron chi connectivity index (χ2n) is 5.86. The fourth-order valence-corrected chi connectivity index (χ4v) is 3.33. The lowest BCUT2D eigenvalue weighted by molar-refractivity contribution is -0.116. The molecule has 0 heterocycles. The smallest absolute Gasteiger partial charge is 0.239 e. The molecule has 0 atom stereocenters. The van der Waals surface area contributed by atoms with Gasteiger partial charge in [-0.1, -0.05) is 30.3 Å². The summed E-state index contributed by atoms with van der Waals surface area (Å²) >= 11 is 0. The van der Waals surface area contributed by atoms with Crippen LogP contribution in [0.25, 0.3) is 0 Å². The zero-order valence-electron chi connectivity index (χ0n) is 15.2. The monoisotopic (exact) mass is 387 g/mol. The molecule has 7 nitrogen and oxygen atoms in total. The first-order valence-electron chi connectivity index (χ1n) is 8.21. The maximum absolute atomic E-state index is 12.3. The van der Waals surface area contributed by atoms with Crippen LogP contribution < -0.4 is 10.1 Å². The lowest BCUT2D eigenvalue weighted by Crippen LogP contribution is -2.38. The van der Waals surface area contributed by atoms with E-state index in [2.05, 4.69) is 5.32 Å². The molecule has 0 aliphatic rings. The second kappa shape index (κ2) is 9.16. The zero-order chi connectivity index (χ0) is 19.9. The minimum absolute atomic E-state index is 0.131. The molecule has 2 aromatic rings. The van der Waals surface area contributed by atoms with Gasteiger partial charge in [0, 0.05) is 6.54 Å². The predicted molar refractivity (Wildman–Crippen MR) is 103 cm³/mol. The number of hydrogen-bond donors (Lipinski definition) is 1. The number of hydrogen-bond acceptors (Lipinski definition) is 5. The zero-order valence-corrected chi connectivity index (χ0v) is 16.0. The van der Waals surface area contributed by atoms with E-state index in [4.69, 9.17) is 10.00 Å². The first-order chi connectivity index (χ1) is 12.8. The Morgan fingerprint density at radius 2 is 1.85 bits per heavy atom. The van der Waals surface area contributed by atoms with Crippen molar-refractivity contribution in [1.82, 2.24) is 4.31 Å². The van der Waals surface area contributed by atoms with E-state index in [1.54, 1.807) is 37.4 Å². The highest BCUT2D eigenvalue weighted by Crippen LogP contribution is 2.19. The van der Waals surface area contributed by atoms with Gasteiger partial charge in [0.2, 0.25) is 15.9 Å². The molecule has 1 amide bonds. The highest BCUT2D eigenvalue weighted by atomic mass is 32.2. The molecule has 8 heteroatoms. The molecule has 0 bridgehead atoms. The minimum Gasteiger partial charge on any atom is -0.496 e. The number of ether oxygens (including phenoxy) is 1. The van der Waals surface area contributed by atoms with E-state index in [-0.39, 0.29) is 13.1 Å². The average Bonchev–Trinajstić information content (AvgIpc) is 2.64. The molecule has 1 N–H and O–H groups in total. The SMILES string of the molecule is COc1ccccc1CCN(CC(=O)Nc1ccccc1C#N)S(C)(=O)=O.